The Morgan fingerprint density at radius 3 is 2.62 bits per heavy atom. The van der Waals surface area contributed by atoms with E-state index in [-0.39, 0.29) is 11.8 Å². The van der Waals surface area contributed by atoms with Gasteiger partial charge in [0.2, 0.25) is 5.91 Å². The van der Waals surface area contributed by atoms with Crippen molar-refractivity contribution in [1.29, 1.82) is 0 Å². The maximum absolute atomic E-state index is 12.5. The van der Waals surface area contributed by atoms with Crippen LogP contribution in [0.2, 0.25) is 0 Å². The highest BCUT2D eigenvalue weighted by Gasteiger charge is 2.22. The number of amides is 1. The molecule has 1 aromatic heterocycles. The van der Waals surface area contributed by atoms with Gasteiger partial charge in [-0.15, -0.1) is 0 Å². The first kappa shape index (κ1) is 30.4. The summed E-state index contributed by atoms with van der Waals surface area (Å²) in [6.07, 6.45) is 7.67. The minimum Gasteiger partial charge on any atom is -0.492 e. The summed E-state index contributed by atoms with van der Waals surface area (Å²) in [6, 6.07) is 13.1. The summed E-state index contributed by atoms with van der Waals surface area (Å²) in [4.78, 5) is 31.4. The first-order valence-electron chi connectivity index (χ1n) is 14.6. The normalized spacial score (nSPS) is 13.5. The molecule has 3 rings (SSSR count). The molecule has 0 fully saturated rings. The summed E-state index contributed by atoms with van der Waals surface area (Å²) >= 11 is 0. The Balaban J connectivity index is 1.50. The summed E-state index contributed by atoms with van der Waals surface area (Å²) in [5.74, 6) is 0.972. The molecule has 0 radical (unpaired) electrons. The number of aliphatic carboxylic acids is 1. The van der Waals surface area contributed by atoms with Crippen LogP contribution in [-0.2, 0) is 22.4 Å². The SMILES string of the molecule is CCC(CC)CC(=O)NC(CCN(CCCCc1ccc2c(n1)NCCC2)CCOc1ccccc1)C(=O)O. The summed E-state index contributed by atoms with van der Waals surface area (Å²) in [7, 11) is 0. The van der Waals surface area contributed by atoms with E-state index < -0.39 is 12.0 Å². The third-order valence-corrected chi connectivity index (χ3v) is 7.52. The van der Waals surface area contributed by atoms with Crippen molar-refractivity contribution >= 4 is 17.7 Å². The fraction of sp³-hybridized carbons (Fsp3) is 0.581. The van der Waals surface area contributed by atoms with E-state index in [4.69, 9.17) is 9.72 Å². The van der Waals surface area contributed by atoms with E-state index in [9.17, 15) is 14.7 Å². The molecule has 0 bridgehead atoms. The Morgan fingerprint density at radius 1 is 1.08 bits per heavy atom. The second-order valence-electron chi connectivity index (χ2n) is 10.4. The molecule has 1 unspecified atom stereocenters. The number of nitrogens with zero attached hydrogens (tertiary/aromatic N) is 2. The second kappa shape index (κ2) is 16.7. The Labute approximate surface area is 233 Å². The lowest BCUT2D eigenvalue weighted by Crippen LogP contribution is -2.44. The molecule has 3 N–H and O–H groups in total. The van der Waals surface area contributed by atoms with Gasteiger partial charge in [0.05, 0.1) is 0 Å². The van der Waals surface area contributed by atoms with Crippen LogP contribution < -0.4 is 15.4 Å². The van der Waals surface area contributed by atoms with Crippen LogP contribution in [-0.4, -0.2) is 65.7 Å². The predicted molar refractivity (Wildman–Crippen MR) is 155 cm³/mol. The van der Waals surface area contributed by atoms with Gasteiger partial charge in [0.25, 0.3) is 0 Å². The van der Waals surface area contributed by atoms with Crippen molar-refractivity contribution in [3.05, 3.63) is 53.7 Å². The first-order valence-corrected chi connectivity index (χ1v) is 14.6. The van der Waals surface area contributed by atoms with Crippen molar-refractivity contribution in [2.24, 2.45) is 5.92 Å². The van der Waals surface area contributed by atoms with Crippen LogP contribution in [0.25, 0.3) is 0 Å². The molecule has 1 amide bonds. The largest absolute Gasteiger partial charge is 0.492 e. The molecule has 1 aliphatic heterocycles. The lowest BCUT2D eigenvalue weighted by Gasteiger charge is -2.25. The quantitative estimate of drug-likeness (QED) is 0.231. The number of para-hydroxylation sites is 1. The molecule has 8 nitrogen and oxygen atoms in total. The van der Waals surface area contributed by atoms with E-state index in [0.29, 0.717) is 32.5 Å². The molecule has 0 aliphatic carbocycles. The number of carbonyl (C=O) groups excluding carboxylic acids is 1. The van der Waals surface area contributed by atoms with Gasteiger partial charge < -0.3 is 20.5 Å². The van der Waals surface area contributed by atoms with Crippen LogP contribution >= 0.6 is 0 Å². The summed E-state index contributed by atoms with van der Waals surface area (Å²) in [5, 5.41) is 15.9. The van der Waals surface area contributed by atoms with Gasteiger partial charge in [-0.3, -0.25) is 9.69 Å². The average Bonchev–Trinajstić information content (AvgIpc) is 2.96. The first-order chi connectivity index (χ1) is 19.0. The average molecular weight is 539 g/mol. The molecule has 0 saturated heterocycles. The van der Waals surface area contributed by atoms with Crippen molar-refractivity contribution in [2.45, 2.75) is 77.7 Å². The number of aromatic nitrogens is 1. The Kier molecular flexibility index (Phi) is 13.1. The number of hydrogen-bond donors (Lipinski definition) is 3. The molecule has 1 atom stereocenters. The van der Waals surface area contributed by atoms with Crippen LogP contribution in [0.4, 0.5) is 5.82 Å². The van der Waals surface area contributed by atoms with Gasteiger partial charge in [0.1, 0.15) is 24.2 Å². The van der Waals surface area contributed by atoms with Crippen LogP contribution in [0.15, 0.2) is 42.5 Å². The molecule has 0 spiro atoms. The third-order valence-electron chi connectivity index (χ3n) is 7.52. The number of carboxylic acid groups (broad SMARTS) is 1. The number of nitrogens with one attached hydrogen (secondary N) is 2. The molecule has 2 heterocycles. The zero-order chi connectivity index (χ0) is 27.9. The second-order valence-corrected chi connectivity index (χ2v) is 10.4. The van der Waals surface area contributed by atoms with E-state index in [2.05, 4.69) is 41.5 Å². The smallest absolute Gasteiger partial charge is 0.326 e. The Hall–Kier alpha value is -3.13. The zero-order valence-electron chi connectivity index (χ0n) is 23.7. The van der Waals surface area contributed by atoms with Crippen molar-refractivity contribution in [1.82, 2.24) is 15.2 Å². The number of unbranched alkanes of at least 4 members (excludes halogenated alkanes) is 1. The molecule has 0 saturated carbocycles. The Morgan fingerprint density at radius 2 is 1.87 bits per heavy atom. The summed E-state index contributed by atoms with van der Waals surface area (Å²) in [6.45, 7) is 7.70. The van der Waals surface area contributed by atoms with E-state index >= 15 is 0 Å². The van der Waals surface area contributed by atoms with Crippen LogP contribution in [0.1, 0.15) is 70.1 Å². The molecule has 1 aromatic carbocycles. The highest BCUT2D eigenvalue weighted by atomic mass is 16.5. The summed E-state index contributed by atoms with van der Waals surface area (Å²) < 4.78 is 5.91. The predicted octanol–water partition coefficient (Wildman–Crippen LogP) is 4.93. The topological polar surface area (TPSA) is 104 Å². The number of benzene rings is 1. The highest BCUT2D eigenvalue weighted by molar-refractivity contribution is 5.83. The number of fused-ring (bicyclic) bond motifs is 1. The molecule has 8 heteroatoms. The fourth-order valence-electron chi connectivity index (χ4n) is 4.96. The van der Waals surface area contributed by atoms with Gasteiger partial charge >= 0.3 is 5.97 Å². The number of hydrogen-bond acceptors (Lipinski definition) is 6. The van der Waals surface area contributed by atoms with E-state index in [0.717, 1.165) is 75.3 Å². The standard InChI is InChI=1S/C31H46N4O4/c1-3-24(4-2)23-29(36)34-28(31(37)38)17-20-35(21-22-39-27-13-6-5-7-14-27)19-9-8-12-26-16-15-25-11-10-18-32-30(25)33-26/h5-7,13-16,24,28H,3-4,8-12,17-23H2,1-2H3,(H,32,33)(H,34,36)(H,37,38). The monoisotopic (exact) mass is 538 g/mol. The van der Waals surface area contributed by atoms with E-state index in [1.165, 1.54) is 5.56 Å². The number of carboxylic acids is 1. The molecular weight excluding hydrogens is 492 g/mol. The van der Waals surface area contributed by atoms with Crippen LogP contribution in [0, 0.1) is 5.92 Å². The zero-order valence-corrected chi connectivity index (χ0v) is 23.7. The van der Waals surface area contributed by atoms with Crippen molar-refractivity contribution in [2.75, 3.05) is 38.1 Å². The van der Waals surface area contributed by atoms with Crippen molar-refractivity contribution in [3.63, 3.8) is 0 Å². The molecule has 2 aromatic rings. The lowest BCUT2D eigenvalue weighted by atomic mass is 9.99. The fourth-order valence-corrected chi connectivity index (χ4v) is 4.96. The minimum absolute atomic E-state index is 0.179. The number of pyridine rings is 1. The van der Waals surface area contributed by atoms with Gasteiger partial charge in [-0.05, 0) is 74.8 Å². The van der Waals surface area contributed by atoms with Gasteiger partial charge in [-0.1, -0.05) is 51.0 Å². The van der Waals surface area contributed by atoms with Crippen molar-refractivity contribution in [3.8, 4) is 5.75 Å². The van der Waals surface area contributed by atoms with Gasteiger partial charge in [-0.25, -0.2) is 9.78 Å². The van der Waals surface area contributed by atoms with Crippen LogP contribution in [0.5, 0.6) is 5.75 Å². The Bertz CT molecular complexity index is 1010. The highest BCUT2D eigenvalue weighted by Crippen LogP contribution is 2.20. The van der Waals surface area contributed by atoms with Gasteiger partial charge in [0.15, 0.2) is 0 Å². The molecule has 214 valence electrons. The van der Waals surface area contributed by atoms with E-state index in [1.54, 1.807) is 0 Å². The molecule has 39 heavy (non-hydrogen) atoms. The third kappa shape index (κ3) is 10.9. The number of carbonyl (C=O) groups is 2. The molecular formula is C31H46N4O4. The summed E-state index contributed by atoms with van der Waals surface area (Å²) in [5.41, 5.74) is 2.41. The number of rotatable bonds is 18. The minimum atomic E-state index is -0.986. The number of anilines is 1. The maximum Gasteiger partial charge on any atom is 0.326 e. The van der Waals surface area contributed by atoms with Gasteiger partial charge in [-0.2, -0.15) is 0 Å². The molecule has 1 aliphatic rings. The van der Waals surface area contributed by atoms with E-state index in [1.807, 2.05) is 30.3 Å². The number of aryl methyl sites for hydroxylation is 2. The number of ether oxygens (including phenoxy) is 1. The maximum atomic E-state index is 12.5. The van der Waals surface area contributed by atoms with Crippen LogP contribution in [0.3, 0.4) is 0 Å². The van der Waals surface area contributed by atoms with Crippen molar-refractivity contribution < 1.29 is 19.4 Å². The lowest BCUT2D eigenvalue weighted by molar-refractivity contribution is -0.142. The van der Waals surface area contributed by atoms with Gasteiger partial charge in [0, 0.05) is 31.7 Å².